The van der Waals surface area contributed by atoms with Gasteiger partial charge in [0.1, 0.15) is 23.6 Å². The van der Waals surface area contributed by atoms with Gasteiger partial charge in [0.25, 0.3) is 0 Å². The molecule has 0 radical (unpaired) electrons. The zero-order valence-electron chi connectivity index (χ0n) is 27.0. The van der Waals surface area contributed by atoms with Crippen LogP contribution in [0.2, 0.25) is 0 Å². The Labute approximate surface area is 260 Å². The summed E-state index contributed by atoms with van der Waals surface area (Å²) in [5.74, 6) is 1.78. The minimum absolute atomic E-state index is 0.0183. The molecule has 1 aromatic carbocycles. The highest BCUT2D eigenvalue weighted by Crippen LogP contribution is 2.55. The lowest BCUT2D eigenvalue weighted by Gasteiger charge is -2.36. The highest BCUT2D eigenvalue weighted by atomic mass is 16.6. The quantitative estimate of drug-likeness (QED) is 0.323. The number of carbonyl (C=O) groups excluding carboxylic acids is 3. The molecule has 2 N–H and O–H groups in total. The van der Waals surface area contributed by atoms with Crippen molar-refractivity contribution in [2.45, 2.75) is 104 Å². The molecule has 0 spiro atoms. The molecule has 6 rings (SSSR count). The van der Waals surface area contributed by atoms with E-state index in [0.29, 0.717) is 47.7 Å². The van der Waals surface area contributed by atoms with Crippen molar-refractivity contribution in [3.8, 4) is 11.6 Å². The fraction of sp³-hybridized carbons (Fsp3) is 0.676. The number of benzene rings is 1. The van der Waals surface area contributed by atoms with Crippen LogP contribution < -0.4 is 10.1 Å². The summed E-state index contributed by atoms with van der Waals surface area (Å²) in [7, 11) is 1.59. The Balaban J connectivity index is 1.13. The second-order valence-electron chi connectivity index (χ2n) is 14.3. The number of alkyl carbamates (subject to hydrolysis) is 1. The maximum atomic E-state index is 13.7. The van der Waals surface area contributed by atoms with Crippen LogP contribution in [0.25, 0.3) is 11.0 Å². The van der Waals surface area contributed by atoms with Crippen LogP contribution in [0.4, 0.5) is 4.79 Å². The molecule has 2 aromatic rings. The summed E-state index contributed by atoms with van der Waals surface area (Å²) in [5, 5.41) is 13.3. The second kappa shape index (κ2) is 12.9. The molecule has 44 heavy (non-hydrogen) atoms. The maximum Gasteiger partial charge on any atom is 0.408 e. The number of ether oxygens (including phenoxy) is 2. The van der Waals surface area contributed by atoms with E-state index >= 15 is 0 Å². The molecule has 2 unspecified atom stereocenters. The largest absolute Gasteiger partial charge is 0.497 e. The molecule has 240 valence electrons. The van der Waals surface area contributed by atoms with Gasteiger partial charge in [-0.1, -0.05) is 40.5 Å². The van der Waals surface area contributed by atoms with E-state index in [1.807, 2.05) is 39.8 Å². The average molecular weight is 609 g/mol. The highest BCUT2D eigenvalue weighted by molar-refractivity contribution is 5.92. The number of hydrogen-bond donors (Lipinski definition) is 2. The van der Waals surface area contributed by atoms with Gasteiger partial charge in [0.05, 0.1) is 24.2 Å². The third-order valence-electron chi connectivity index (χ3n) is 10.1. The first-order valence-corrected chi connectivity index (χ1v) is 16.2. The number of hydrogen-bond acceptors (Lipinski definition) is 8. The Morgan fingerprint density at radius 3 is 2.52 bits per heavy atom. The van der Waals surface area contributed by atoms with Crippen molar-refractivity contribution in [3.05, 3.63) is 23.9 Å². The Morgan fingerprint density at radius 1 is 1.09 bits per heavy atom. The highest BCUT2D eigenvalue weighted by Gasteiger charge is 2.54. The first-order valence-electron chi connectivity index (χ1n) is 16.2. The minimum Gasteiger partial charge on any atom is -0.497 e. The maximum absolute atomic E-state index is 13.7. The van der Waals surface area contributed by atoms with Gasteiger partial charge in [0, 0.05) is 12.6 Å². The number of carbonyl (C=O) groups is 3. The first kappa shape index (κ1) is 32.0. The van der Waals surface area contributed by atoms with Crippen LogP contribution in [0.15, 0.2) is 18.2 Å². The van der Waals surface area contributed by atoms with E-state index in [1.54, 1.807) is 18.1 Å². The van der Waals surface area contributed by atoms with Gasteiger partial charge in [0.15, 0.2) is 5.78 Å². The molecule has 3 saturated carbocycles. The standard InChI is InChI=1S/C34H48N4O6/c1-19-14-15-38(28(19)20(2)39)32(41)30(34(3,4)5)37-33(42)44-29-22-16-21(17-22)24(29)10-8-7-9-11-26-31(40)36-27-18-23(43-6)12-13-25(27)35-26/h12-13,18-19,21-22,24,28-30H,7-11,14-17H2,1-6H3,(H,36,40)(H,37,42)/t19-,21-,22+,24-,28+,29?,30?/m1/s1. The molecule has 2 heterocycles. The van der Waals surface area contributed by atoms with Crippen molar-refractivity contribution < 1.29 is 29.0 Å². The summed E-state index contributed by atoms with van der Waals surface area (Å²) < 4.78 is 11.3. The van der Waals surface area contributed by atoms with Crippen LogP contribution in [0.5, 0.6) is 11.6 Å². The summed E-state index contributed by atoms with van der Waals surface area (Å²) in [6.07, 6.45) is 6.72. The predicted octanol–water partition coefficient (Wildman–Crippen LogP) is 5.44. The van der Waals surface area contributed by atoms with E-state index < -0.39 is 23.6 Å². The number of aryl methyl sites for hydroxylation is 1. The fourth-order valence-electron chi connectivity index (χ4n) is 7.64. The van der Waals surface area contributed by atoms with Crippen molar-refractivity contribution in [1.29, 1.82) is 0 Å². The number of nitrogens with one attached hydrogen (secondary N) is 1. The lowest BCUT2D eigenvalue weighted by Crippen LogP contribution is -2.57. The van der Waals surface area contributed by atoms with Crippen molar-refractivity contribution in [2.24, 2.45) is 29.1 Å². The van der Waals surface area contributed by atoms with E-state index in [-0.39, 0.29) is 29.6 Å². The zero-order chi connectivity index (χ0) is 31.8. The van der Waals surface area contributed by atoms with Crippen molar-refractivity contribution >= 4 is 28.8 Å². The number of likely N-dealkylation sites (tertiary alicyclic amines) is 1. The zero-order valence-corrected chi connectivity index (χ0v) is 27.0. The molecule has 3 aliphatic carbocycles. The number of aromatic hydroxyl groups is 1. The van der Waals surface area contributed by atoms with Crippen LogP contribution in [0.1, 0.15) is 85.3 Å². The van der Waals surface area contributed by atoms with Gasteiger partial charge >= 0.3 is 6.09 Å². The van der Waals surface area contributed by atoms with Crippen molar-refractivity contribution in [3.63, 3.8) is 0 Å². The lowest BCUT2D eigenvalue weighted by molar-refractivity contribution is -0.141. The minimum atomic E-state index is -0.784. The third kappa shape index (κ3) is 6.64. The van der Waals surface area contributed by atoms with Crippen LogP contribution in [-0.2, 0) is 20.7 Å². The normalized spacial score (nSPS) is 26.7. The number of aromatic nitrogens is 2. The van der Waals surface area contributed by atoms with Crippen LogP contribution in [-0.4, -0.2) is 69.6 Å². The Morgan fingerprint density at radius 2 is 1.84 bits per heavy atom. The molecule has 2 amide bonds. The number of methoxy groups -OCH3 is 1. The van der Waals surface area contributed by atoms with E-state index in [2.05, 4.69) is 15.3 Å². The predicted molar refractivity (Wildman–Crippen MR) is 166 cm³/mol. The number of rotatable bonds is 11. The van der Waals surface area contributed by atoms with Crippen LogP contribution in [0.3, 0.4) is 0 Å². The van der Waals surface area contributed by atoms with Gasteiger partial charge in [-0.3, -0.25) is 9.59 Å². The Hall–Kier alpha value is -3.43. The number of nitrogens with zero attached hydrogens (tertiary/aromatic N) is 3. The molecule has 1 saturated heterocycles. The van der Waals surface area contributed by atoms with Gasteiger partial charge in [-0.25, -0.2) is 14.8 Å². The van der Waals surface area contributed by atoms with Crippen LogP contribution in [0, 0.1) is 29.1 Å². The number of amides is 2. The SMILES string of the molecule is COc1ccc2nc(CCCCC[C@H]3C(OC(=O)NC(C(=O)N4CC[C@@H](C)[C@H]4C(C)=O)C(C)(C)C)[C@H]4C[C@@H]3C4)c(O)nc2c1. The summed E-state index contributed by atoms with van der Waals surface area (Å²) in [6.45, 7) is 9.82. The molecule has 10 heteroatoms. The van der Waals surface area contributed by atoms with Gasteiger partial charge in [-0.05, 0) is 86.7 Å². The topological polar surface area (TPSA) is 131 Å². The first-order chi connectivity index (χ1) is 20.9. The molecule has 4 fully saturated rings. The number of Topliss-reactive ketones (excluding diaryl/α,β-unsaturated/α-hetero) is 1. The van der Waals surface area contributed by atoms with Gasteiger partial charge in [-0.2, -0.15) is 0 Å². The lowest BCUT2D eigenvalue weighted by atomic mass is 9.81. The molecular formula is C34H48N4O6. The van der Waals surface area contributed by atoms with Gasteiger partial charge in [0.2, 0.25) is 11.8 Å². The molecule has 2 bridgehead atoms. The molecule has 1 aliphatic heterocycles. The summed E-state index contributed by atoms with van der Waals surface area (Å²) in [5.41, 5.74) is 1.39. The van der Waals surface area contributed by atoms with E-state index in [1.165, 1.54) is 6.92 Å². The van der Waals surface area contributed by atoms with E-state index in [4.69, 9.17) is 9.47 Å². The fourth-order valence-corrected chi connectivity index (χ4v) is 7.64. The smallest absolute Gasteiger partial charge is 0.408 e. The molecule has 10 nitrogen and oxygen atoms in total. The number of fused-ring (bicyclic) bond motifs is 2. The van der Waals surface area contributed by atoms with Gasteiger partial charge < -0.3 is 24.8 Å². The average Bonchev–Trinajstić information content (AvgIpc) is 3.59. The van der Waals surface area contributed by atoms with Crippen molar-refractivity contribution in [1.82, 2.24) is 20.2 Å². The Kier molecular flexibility index (Phi) is 9.37. The third-order valence-corrected chi connectivity index (χ3v) is 10.1. The summed E-state index contributed by atoms with van der Waals surface area (Å²) in [4.78, 5) is 49.8. The van der Waals surface area contributed by atoms with E-state index in [9.17, 15) is 19.5 Å². The van der Waals surface area contributed by atoms with E-state index in [0.717, 1.165) is 50.5 Å². The number of unbranched alkanes of at least 4 members (excludes halogenated alkanes) is 2. The molecule has 1 aromatic heterocycles. The Bertz CT molecular complexity index is 1380. The summed E-state index contributed by atoms with van der Waals surface area (Å²) in [6, 6.07) is 4.21. The van der Waals surface area contributed by atoms with Crippen LogP contribution >= 0.6 is 0 Å². The molecular weight excluding hydrogens is 560 g/mol. The molecule has 5 atom stereocenters. The summed E-state index contributed by atoms with van der Waals surface area (Å²) >= 11 is 0. The van der Waals surface area contributed by atoms with Gasteiger partial charge in [-0.15, -0.1) is 0 Å². The molecule has 4 aliphatic rings. The second-order valence-corrected chi connectivity index (χ2v) is 14.3. The van der Waals surface area contributed by atoms with Crippen molar-refractivity contribution in [2.75, 3.05) is 13.7 Å². The number of ketones is 1. The monoisotopic (exact) mass is 608 g/mol.